The van der Waals surface area contributed by atoms with Crippen molar-refractivity contribution in [3.63, 3.8) is 0 Å². The van der Waals surface area contributed by atoms with Gasteiger partial charge in [-0.2, -0.15) is 11.8 Å². The zero-order valence-corrected chi connectivity index (χ0v) is 11.3. The van der Waals surface area contributed by atoms with Crippen molar-refractivity contribution in [2.24, 2.45) is 0 Å². The monoisotopic (exact) mass is 231 g/mol. The van der Waals surface area contributed by atoms with Gasteiger partial charge in [0, 0.05) is 17.3 Å². The van der Waals surface area contributed by atoms with Crippen LogP contribution < -0.4 is 5.32 Å². The van der Waals surface area contributed by atoms with Gasteiger partial charge in [0.15, 0.2) is 0 Å². The summed E-state index contributed by atoms with van der Waals surface area (Å²) in [4.78, 5) is 0. The van der Waals surface area contributed by atoms with E-state index in [1.165, 1.54) is 25.7 Å². The van der Waals surface area contributed by atoms with E-state index in [0.29, 0.717) is 4.75 Å². The molecule has 1 saturated carbocycles. The summed E-state index contributed by atoms with van der Waals surface area (Å²) >= 11 is 1.99. The second-order valence-corrected chi connectivity index (χ2v) is 6.62. The quantitative estimate of drug-likeness (QED) is 0.762. The second-order valence-electron chi connectivity index (χ2n) is 5.35. The molecule has 0 saturated heterocycles. The van der Waals surface area contributed by atoms with E-state index in [-0.39, 0.29) is 6.04 Å². The van der Waals surface area contributed by atoms with Gasteiger partial charge < -0.3 is 10.4 Å². The third-order valence-electron chi connectivity index (χ3n) is 3.74. The van der Waals surface area contributed by atoms with Crippen LogP contribution in [0.25, 0.3) is 0 Å². The lowest BCUT2D eigenvalue weighted by Gasteiger charge is -2.33. The van der Waals surface area contributed by atoms with E-state index in [1.807, 2.05) is 25.6 Å². The van der Waals surface area contributed by atoms with Crippen molar-refractivity contribution in [2.45, 2.75) is 62.8 Å². The Morgan fingerprint density at radius 1 is 1.40 bits per heavy atom. The predicted molar refractivity (Wildman–Crippen MR) is 68.5 cm³/mol. The van der Waals surface area contributed by atoms with Gasteiger partial charge >= 0.3 is 0 Å². The normalized spacial score (nSPS) is 23.0. The molecule has 1 atom stereocenters. The first-order valence-electron chi connectivity index (χ1n) is 5.90. The molecular weight excluding hydrogens is 206 g/mol. The largest absolute Gasteiger partial charge is 0.389 e. The average molecular weight is 231 g/mol. The second kappa shape index (κ2) is 5.07. The molecule has 1 fully saturated rings. The summed E-state index contributed by atoms with van der Waals surface area (Å²) in [6, 6.07) is 0.155. The number of thioether (sulfide) groups is 1. The molecule has 0 spiro atoms. The first-order chi connectivity index (χ1) is 6.90. The third kappa shape index (κ3) is 3.65. The number of aliphatic hydroxyl groups is 1. The standard InChI is InChI=1S/C12H25NOS/c1-10(11(2,3)14)13-9-12(15-4)7-5-6-8-12/h10,13-14H,5-9H2,1-4H3. The summed E-state index contributed by atoms with van der Waals surface area (Å²) in [5.74, 6) is 0. The summed E-state index contributed by atoms with van der Waals surface area (Å²) in [6.45, 7) is 6.82. The minimum Gasteiger partial charge on any atom is -0.389 e. The minimum absolute atomic E-state index is 0.155. The van der Waals surface area contributed by atoms with Crippen molar-refractivity contribution in [1.82, 2.24) is 5.32 Å². The van der Waals surface area contributed by atoms with Crippen LogP contribution in [0.15, 0.2) is 0 Å². The van der Waals surface area contributed by atoms with E-state index in [2.05, 4.69) is 18.5 Å². The molecule has 3 heteroatoms. The summed E-state index contributed by atoms with van der Waals surface area (Å²) in [5.41, 5.74) is -0.627. The van der Waals surface area contributed by atoms with Crippen LogP contribution in [0.3, 0.4) is 0 Å². The minimum atomic E-state index is -0.627. The van der Waals surface area contributed by atoms with E-state index in [0.717, 1.165) is 6.54 Å². The van der Waals surface area contributed by atoms with Gasteiger partial charge in [-0.15, -0.1) is 0 Å². The smallest absolute Gasteiger partial charge is 0.0741 e. The van der Waals surface area contributed by atoms with Crippen LogP contribution in [0.2, 0.25) is 0 Å². The van der Waals surface area contributed by atoms with Gasteiger partial charge in [-0.05, 0) is 39.9 Å². The first-order valence-corrected chi connectivity index (χ1v) is 7.13. The Morgan fingerprint density at radius 2 is 1.93 bits per heavy atom. The summed E-state index contributed by atoms with van der Waals surface area (Å²) in [5, 5.41) is 13.3. The fourth-order valence-electron chi connectivity index (χ4n) is 2.06. The molecule has 0 aliphatic heterocycles. The molecule has 15 heavy (non-hydrogen) atoms. The van der Waals surface area contributed by atoms with Crippen molar-refractivity contribution in [1.29, 1.82) is 0 Å². The number of hydrogen-bond acceptors (Lipinski definition) is 3. The molecule has 0 amide bonds. The van der Waals surface area contributed by atoms with Crippen LogP contribution in [-0.2, 0) is 0 Å². The van der Waals surface area contributed by atoms with Crippen molar-refractivity contribution in [2.75, 3.05) is 12.8 Å². The topological polar surface area (TPSA) is 32.3 Å². The van der Waals surface area contributed by atoms with Crippen LogP contribution in [-0.4, -0.2) is 34.3 Å². The fourth-order valence-corrected chi connectivity index (χ4v) is 2.99. The Balaban J connectivity index is 2.41. The molecule has 1 aliphatic rings. The third-order valence-corrected chi connectivity index (χ3v) is 5.16. The molecule has 1 aliphatic carbocycles. The van der Waals surface area contributed by atoms with Crippen molar-refractivity contribution >= 4 is 11.8 Å². The lowest BCUT2D eigenvalue weighted by atomic mass is 9.99. The maximum absolute atomic E-state index is 9.85. The Bertz CT molecular complexity index is 194. The van der Waals surface area contributed by atoms with Gasteiger partial charge in [-0.25, -0.2) is 0 Å². The summed E-state index contributed by atoms with van der Waals surface area (Å²) < 4.78 is 0.430. The van der Waals surface area contributed by atoms with Crippen LogP contribution >= 0.6 is 11.8 Å². The SMILES string of the molecule is CSC1(CNC(C)C(C)(C)O)CCCC1. The van der Waals surface area contributed by atoms with E-state index < -0.39 is 5.60 Å². The van der Waals surface area contributed by atoms with Crippen molar-refractivity contribution < 1.29 is 5.11 Å². The summed E-state index contributed by atoms with van der Waals surface area (Å²) in [6.07, 6.45) is 7.57. The lowest BCUT2D eigenvalue weighted by molar-refractivity contribution is 0.0436. The predicted octanol–water partition coefficient (Wildman–Crippen LogP) is 2.41. The van der Waals surface area contributed by atoms with Gasteiger partial charge in [0.25, 0.3) is 0 Å². The number of rotatable bonds is 5. The van der Waals surface area contributed by atoms with Gasteiger partial charge in [0.2, 0.25) is 0 Å². The zero-order chi connectivity index (χ0) is 11.5. The highest BCUT2D eigenvalue weighted by atomic mass is 32.2. The molecule has 90 valence electrons. The van der Waals surface area contributed by atoms with Gasteiger partial charge in [-0.3, -0.25) is 0 Å². The summed E-state index contributed by atoms with van der Waals surface area (Å²) in [7, 11) is 0. The van der Waals surface area contributed by atoms with Gasteiger partial charge in [0.05, 0.1) is 5.60 Å². The lowest BCUT2D eigenvalue weighted by Crippen LogP contribution is -2.49. The highest BCUT2D eigenvalue weighted by Crippen LogP contribution is 2.39. The van der Waals surface area contributed by atoms with E-state index >= 15 is 0 Å². The van der Waals surface area contributed by atoms with Crippen LogP contribution in [0.1, 0.15) is 46.5 Å². The molecule has 2 N–H and O–H groups in total. The molecule has 0 aromatic rings. The first kappa shape index (κ1) is 13.3. The Labute approximate surface area is 98.2 Å². The number of hydrogen-bond donors (Lipinski definition) is 2. The maximum Gasteiger partial charge on any atom is 0.0741 e. The van der Waals surface area contributed by atoms with Crippen LogP contribution in [0.5, 0.6) is 0 Å². The maximum atomic E-state index is 9.85. The molecule has 0 radical (unpaired) electrons. The molecular formula is C12H25NOS. The van der Waals surface area contributed by atoms with Crippen LogP contribution in [0.4, 0.5) is 0 Å². The molecule has 0 aromatic carbocycles. The number of nitrogens with one attached hydrogen (secondary N) is 1. The zero-order valence-electron chi connectivity index (χ0n) is 10.5. The van der Waals surface area contributed by atoms with Crippen LogP contribution in [0, 0.1) is 0 Å². The highest BCUT2D eigenvalue weighted by molar-refractivity contribution is 8.00. The fraction of sp³-hybridized carbons (Fsp3) is 1.00. The average Bonchev–Trinajstić information content (AvgIpc) is 2.62. The van der Waals surface area contributed by atoms with Crippen molar-refractivity contribution in [3.05, 3.63) is 0 Å². The molecule has 0 heterocycles. The van der Waals surface area contributed by atoms with E-state index in [4.69, 9.17) is 0 Å². The van der Waals surface area contributed by atoms with E-state index in [9.17, 15) is 5.11 Å². The van der Waals surface area contributed by atoms with Gasteiger partial charge in [0.1, 0.15) is 0 Å². The van der Waals surface area contributed by atoms with Crippen molar-refractivity contribution in [3.8, 4) is 0 Å². The molecule has 2 nitrogen and oxygen atoms in total. The Kier molecular flexibility index (Phi) is 4.50. The van der Waals surface area contributed by atoms with E-state index in [1.54, 1.807) is 0 Å². The molecule has 0 aromatic heterocycles. The Morgan fingerprint density at radius 3 is 2.33 bits per heavy atom. The highest BCUT2D eigenvalue weighted by Gasteiger charge is 2.34. The Hall–Kier alpha value is 0.270. The van der Waals surface area contributed by atoms with Gasteiger partial charge in [-0.1, -0.05) is 12.8 Å². The molecule has 1 rings (SSSR count). The molecule has 1 unspecified atom stereocenters. The molecule has 0 bridgehead atoms.